The van der Waals surface area contributed by atoms with Crippen molar-refractivity contribution in [1.82, 2.24) is 9.78 Å². The van der Waals surface area contributed by atoms with Crippen LogP contribution in [0.3, 0.4) is 0 Å². The molecule has 2 aromatic rings. The van der Waals surface area contributed by atoms with E-state index in [1.54, 1.807) is 16.8 Å². The summed E-state index contributed by atoms with van der Waals surface area (Å²) in [7, 11) is 0.568. The second-order valence-electron chi connectivity index (χ2n) is 3.85. The summed E-state index contributed by atoms with van der Waals surface area (Å²) < 4.78 is 26.7. The highest BCUT2D eigenvalue weighted by Gasteiger charge is 2.09. The minimum atomic E-state index is -1.24. The first kappa shape index (κ1) is 12.0. The number of aromatic nitrogens is 2. The number of hydrogen-bond acceptors (Lipinski definition) is 2. The van der Waals surface area contributed by atoms with E-state index in [0.717, 1.165) is 11.4 Å². The molecule has 1 unspecified atom stereocenters. The highest BCUT2D eigenvalue weighted by molar-refractivity contribution is 7.84. The average molecular weight is 252 g/mol. The summed E-state index contributed by atoms with van der Waals surface area (Å²) in [5.74, 6) is -0.0158. The zero-order chi connectivity index (χ0) is 12.4. The zero-order valence-corrected chi connectivity index (χ0v) is 10.5. The maximum Gasteiger partial charge on any atom is 0.124 e. The Labute approximate surface area is 102 Å². The number of rotatable bonds is 3. The van der Waals surface area contributed by atoms with Gasteiger partial charge < -0.3 is 0 Å². The maximum absolute atomic E-state index is 13.0. The lowest BCUT2D eigenvalue weighted by Crippen LogP contribution is -2.03. The van der Waals surface area contributed by atoms with Crippen LogP contribution in [-0.4, -0.2) is 14.0 Å². The molecule has 0 radical (unpaired) electrons. The number of halogens is 1. The minimum absolute atomic E-state index is 0.348. The van der Waals surface area contributed by atoms with Crippen molar-refractivity contribution in [3.8, 4) is 0 Å². The highest BCUT2D eigenvalue weighted by atomic mass is 32.2. The Morgan fingerprint density at radius 2 is 2.18 bits per heavy atom. The number of aryl methyl sites for hydroxylation is 2. The van der Waals surface area contributed by atoms with Crippen molar-refractivity contribution in [1.29, 1.82) is 0 Å². The SMILES string of the molecule is Cc1cc(CS(=O)c2cccc(F)c2)n(C)n1. The third kappa shape index (κ3) is 2.79. The fourth-order valence-corrected chi connectivity index (χ4v) is 2.81. The van der Waals surface area contributed by atoms with Crippen LogP contribution in [0.2, 0.25) is 0 Å². The van der Waals surface area contributed by atoms with Crippen LogP contribution in [0.15, 0.2) is 35.2 Å². The largest absolute Gasteiger partial charge is 0.271 e. The third-order valence-corrected chi connectivity index (χ3v) is 3.77. The molecule has 0 aliphatic rings. The summed E-state index contributed by atoms with van der Waals surface area (Å²) in [5, 5.41) is 4.18. The van der Waals surface area contributed by atoms with Gasteiger partial charge in [0.15, 0.2) is 0 Å². The summed E-state index contributed by atoms with van der Waals surface area (Å²) in [5.41, 5.74) is 1.77. The van der Waals surface area contributed by atoms with Crippen LogP contribution in [0.5, 0.6) is 0 Å². The molecule has 1 aromatic heterocycles. The lowest BCUT2D eigenvalue weighted by Gasteiger charge is -2.03. The molecule has 0 fully saturated rings. The first-order chi connectivity index (χ1) is 8.06. The van der Waals surface area contributed by atoms with Gasteiger partial charge in [0.05, 0.1) is 27.9 Å². The van der Waals surface area contributed by atoms with Crippen molar-refractivity contribution in [2.24, 2.45) is 7.05 Å². The Bertz CT molecular complexity index is 565. The van der Waals surface area contributed by atoms with Crippen molar-refractivity contribution in [2.45, 2.75) is 17.6 Å². The van der Waals surface area contributed by atoms with E-state index in [4.69, 9.17) is 0 Å². The topological polar surface area (TPSA) is 34.9 Å². The molecule has 90 valence electrons. The molecule has 1 atom stereocenters. The Morgan fingerprint density at radius 3 is 2.76 bits per heavy atom. The van der Waals surface area contributed by atoms with Gasteiger partial charge in [-0.1, -0.05) is 6.07 Å². The van der Waals surface area contributed by atoms with E-state index in [2.05, 4.69) is 5.10 Å². The standard InChI is InChI=1S/C12H13FN2OS/c1-9-6-11(15(2)14-9)8-17(16)12-5-3-4-10(13)7-12/h3-7H,8H2,1-2H3. The summed E-state index contributed by atoms with van der Waals surface area (Å²) in [6.45, 7) is 1.88. The smallest absolute Gasteiger partial charge is 0.124 e. The molecule has 0 N–H and O–H groups in total. The second kappa shape index (κ2) is 4.79. The van der Waals surface area contributed by atoms with Gasteiger partial charge in [0.25, 0.3) is 0 Å². The molecule has 3 nitrogen and oxygen atoms in total. The summed E-state index contributed by atoms with van der Waals surface area (Å²) >= 11 is 0. The van der Waals surface area contributed by atoms with Crippen LogP contribution in [0.25, 0.3) is 0 Å². The molecule has 17 heavy (non-hydrogen) atoms. The van der Waals surface area contributed by atoms with Gasteiger partial charge >= 0.3 is 0 Å². The van der Waals surface area contributed by atoms with E-state index in [-0.39, 0.29) is 5.82 Å². The zero-order valence-electron chi connectivity index (χ0n) is 9.68. The molecular weight excluding hydrogens is 239 g/mol. The van der Waals surface area contributed by atoms with Crippen molar-refractivity contribution in [2.75, 3.05) is 0 Å². The second-order valence-corrected chi connectivity index (χ2v) is 5.30. The Kier molecular flexibility index (Phi) is 3.38. The molecule has 2 rings (SSSR count). The quantitative estimate of drug-likeness (QED) is 0.839. The van der Waals surface area contributed by atoms with Gasteiger partial charge in [-0.15, -0.1) is 0 Å². The van der Waals surface area contributed by atoms with Crippen molar-refractivity contribution < 1.29 is 8.60 Å². The van der Waals surface area contributed by atoms with E-state index >= 15 is 0 Å². The van der Waals surface area contributed by atoms with Gasteiger partial charge in [-0.05, 0) is 31.2 Å². The number of hydrogen-bond donors (Lipinski definition) is 0. The fraction of sp³-hybridized carbons (Fsp3) is 0.250. The molecule has 0 aliphatic heterocycles. The molecule has 1 heterocycles. The minimum Gasteiger partial charge on any atom is -0.271 e. The normalized spacial score (nSPS) is 12.6. The molecule has 0 aliphatic carbocycles. The van der Waals surface area contributed by atoms with Crippen LogP contribution in [0.4, 0.5) is 4.39 Å². The summed E-state index contributed by atoms with van der Waals surface area (Å²) in [6.07, 6.45) is 0. The molecular formula is C12H13FN2OS. The molecule has 0 spiro atoms. The molecule has 0 saturated carbocycles. The van der Waals surface area contributed by atoms with Gasteiger partial charge in [-0.3, -0.25) is 8.89 Å². The van der Waals surface area contributed by atoms with Crippen LogP contribution in [-0.2, 0) is 23.6 Å². The Balaban J connectivity index is 2.20. The first-order valence-electron chi connectivity index (χ1n) is 5.20. The summed E-state index contributed by atoms with van der Waals surface area (Å²) in [4.78, 5) is 0.504. The van der Waals surface area contributed by atoms with Crippen molar-refractivity contribution in [3.05, 3.63) is 47.5 Å². The molecule has 1 aromatic carbocycles. The molecule has 0 saturated heterocycles. The van der Waals surface area contributed by atoms with E-state index < -0.39 is 10.8 Å². The van der Waals surface area contributed by atoms with Gasteiger partial charge in [0.1, 0.15) is 5.82 Å². The van der Waals surface area contributed by atoms with E-state index in [9.17, 15) is 8.60 Å². The number of nitrogens with zero attached hydrogens (tertiary/aromatic N) is 2. The van der Waals surface area contributed by atoms with Crippen LogP contribution in [0, 0.1) is 12.7 Å². The van der Waals surface area contributed by atoms with Crippen LogP contribution >= 0.6 is 0 Å². The third-order valence-electron chi connectivity index (χ3n) is 2.44. The molecule has 5 heteroatoms. The predicted molar refractivity (Wildman–Crippen MR) is 64.5 cm³/mol. The average Bonchev–Trinajstić information content (AvgIpc) is 2.57. The van der Waals surface area contributed by atoms with E-state index in [1.807, 2.05) is 20.0 Å². The van der Waals surface area contributed by atoms with E-state index in [1.165, 1.54) is 12.1 Å². The van der Waals surface area contributed by atoms with Gasteiger partial charge in [0, 0.05) is 11.9 Å². The van der Waals surface area contributed by atoms with Crippen LogP contribution in [0.1, 0.15) is 11.4 Å². The van der Waals surface area contributed by atoms with E-state index in [0.29, 0.717) is 10.6 Å². The Hall–Kier alpha value is -1.49. The summed E-state index contributed by atoms with van der Waals surface area (Å²) in [6, 6.07) is 7.77. The monoisotopic (exact) mass is 252 g/mol. The van der Waals surface area contributed by atoms with Crippen molar-refractivity contribution in [3.63, 3.8) is 0 Å². The Morgan fingerprint density at radius 1 is 1.41 bits per heavy atom. The lowest BCUT2D eigenvalue weighted by molar-refractivity contribution is 0.622. The van der Waals surface area contributed by atoms with Gasteiger partial charge in [0.2, 0.25) is 0 Å². The predicted octanol–water partition coefficient (Wildman–Crippen LogP) is 2.18. The molecule has 0 amide bonds. The van der Waals surface area contributed by atoms with Crippen molar-refractivity contribution >= 4 is 10.8 Å². The molecule has 0 bridgehead atoms. The first-order valence-corrected chi connectivity index (χ1v) is 6.51. The number of benzene rings is 1. The fourth-order valence-electron chi connectivity index (χ4n) is 1.63. The lowest BCUT2D eigenvalue weighted by atomic mass is 10.3. The van der Waals surface area contributed by atoms with Gasteiger partial charge in [-0.25, -0.2) is 4.39 Å². The maximum atomic E-state index is 13.0. The van der Waals surface area contributed by atoms with Gasteiger partial charge in [-0.2, -0.15) is 5.10 Å². The van der Waals surface area contributed by atoms with Crippen LogP contribution < -0.4 is 0 Å². The highest BCUT2D eigenvalue weighted by Crippen LogP contribution is 2.13.